The number of nitrogens with one attached hydrogen (secondary N) is 1. The fourth-order valence-electron chi connectivity index (χ4n) is 3.11. The first kappa shape index (κ1) is 15.4. The van der Waals surface area contributed by atoms with Crippen molar-refractivity contribution in [2.75, 3.05) is 13.1 Å². The van der Waals surface area contributed by atoms with Crippen LogP contribution in [0.1, 0.15) is 53.4 Å². The van der Waals surface area contributed by atoms with E-state index in [1.165, 1.54) is 19.3 Å². The van der Waals surface area contributed by atoms with Crippen molar-refractivity contribution >= 4 is 5.97 Å². The van der Waals surface area contributed by atoms with E-state index in [0.29, 0.717) is 25.0 Å². The number of piperidine rings is 1. The van der Waals surface area contributed by atoms with Crippen molar-refractivity contribution in [3.8, 4) is 0 Å². The molecule has 0 saturated carbocycles. The van der Waals surface area contributed by atoms with Crippen molar-refractivity contribution in [2.45, 2.75) is 71.0 Å². The second-order valence-electron chi connectivity index (χ2n) is 5.80. The van der Waals surface area contributed by atoms with Crippen molar-refractivity contribution < 1.29 is 9.90 Å². The number of likely N-dealkylation sites (tertiary alicyclic amines) is 1. The fourth-order valence-corrected chi connectivity index (χ4v) is 3.11. The summed E-state index contributed by atoms with van der Waals surface area (Å²) < 4.78 is 0. The zero-order valence-corrected chi connectivity index (χ0v) is 12.2. The molecule has 1 rings (SSSR count). The number of carboxylic acid groups (broad SMARTS) is 1. The number of rotatable bonds is 6. The Labute approximate surface area is 111 Å². The van der Waals surface area contributed by atoms with Crippen LogP contribution in [-0.4, -0.2) is 46.7 Å². The largest absolute Gasteiger partial charge is 0.480 e. The molecule has 4 nitrogen and oxygen atoms in total. The first-order chi connectivity index (χ1) is 8.40. The molecule has 2 N–H and O–H groups in total. The van der Waals surface area contributed by atoms with Crippen LogP contribution < -0.4 is 5.32 Å². The van der Waals surface area contributed by atoms with Crippen LogP contribution in [0.15, 0.2) is 0 Å². The third kappa shape index (κ3) is 3.69. The Kier molecular flexibility index (Phi) is 5.60. The van der Waals surface area contributed by atoms with E-state index in [0.717, 1.165) is 6.54 Å². The molecule has 106 valence electrons. The lowest BCUT2D eigenvalue weighted by Gasteiger charge is -2.41. The minimum atomic E-state index is -0.814. The van der Waals surface area contributed by atoms with E-state index < -0.39 is 11.5 Å². The van der Waals surface area contributed by atoms with Crippen molar-refractivity contribution in [3.05, 3.63) is 0 Å². The fraction of sp³-hybridized carbons (Fsp3) is 0.929. The summed E-state index contributed by atoms with van der Waals surface area (Å²) in [4.78, 5) is 13.9. The van der Waals surface area contributed by atoms with E-state index in [1.807, 2.05) is 6.92 Å². The maximum absolute atomic E-state index is 11.4. The zero-order valence-electron chi connectivity index (χ0n) is 12.2. The van der Waals surface area contributed by atoms with Gasteiger partial charge in [0, 0.05) is 12.1 Å². The highest BCUT2D eigenvalue weighted by Gasteiger charge is 2.36. The molecule has 0 bridgehead atoms. The summed E-state index contributed by atoms with van der Waals surface area (Å²) >= 11 is 0. The Morgan fingerprint density at radius 1 is 1.56 bits per heavy atom. The predicted octanol–water partition coefficient (Wildman–Crippen LogP) is 2.09. The van der Waals surface area contributed by atoms with Crippen LogP contribution in [0.4, 0.5) is 0 Å². The molecule has 0 aromatic carbocycles. The molecule has 3 atom stereocenters. The molecule has 0 aliphatic carbocycles. The van der Waals surface area contributed by atoms with Crippen LogP contribution in [-0.2, 0) is 4.79 Å². The van der Waals surface area contributed by atoms with Gasteiger partial charge in [0.2, 0.25) is 0 Å². The number of carbonyl (C=O) groups is 1. The molecular weight excluding hydrogens is 228 g/mol. The van der Waals surface area contributed by atoms with Crippen molar-refractivity contribution in [1.82, 2.24) is 10.2 Å². The van der Waals surface area contributed by atoms with Gasteiger partial charge in [-0.05, 0) is 53.1 Å². The van der Waals surface area contributed by atoms with E-state index in [1.54, 1.807) is 6.92 Å². The van der Waals surface area contributed by atoms with Gasteiger partial charge in [-0.3, -0.25) is 9.69 Å². The van der Waals surface area contributed by atoms with E-state index in [9.17, 15) is 9.90 Å². The Balaban J connectivity index is 2.65. The highest BCUT2D eigenvalue weighted by atomic mass is 16.4. The van der Waals surface area contributed by atoms with E-state index in [4.69, 9.17) is 0 Å². The van der Waals surface area contributed by atoms with Crippen LogP contribution in [0, 0.1) is 0 Å². The van der Waals surface area contributed by atoms with E-state index >= 15 is 0 Å². The molecule has 0 radical (unpaired) electrons. The second-order valence-corrected chi connectivity index (χ2v) is 5.80. The Bertz CT molecular complexity index is 283. The summed E-state index contributed by atoms with van der Waals surface area (Å²) in [6, 6.07) is 0.883. The lowest BCUT2D eigenvalue weighted by Crippen LogP contribution is -2.55. The van der Waals surface area contributed by atoms with Gasteiger partial charge in [0.15, 0.2) is 0 Å². The number of likely N-dealkylation sites (N-methyl/N-ethyl adjacent to an activating group) is 1. The molecule has 1 heterocycles. The van der Waals surface area contributed by atoms with Crippen LogP contribution >= 0.6 is 0 Å². The molecule has 0 amide bonds. The molecule has 18 heavy (non-hydrogen) atoms. The third-order valence-electron chi connectivity index (χ3n) is 4.16. The van der Waals surface area contributed by atoms with Gasteiger partial charge in [-0.15, -0.1) is 0 Å². The highest BCUT2D eigenvalue weighted by Crippen LogP contribution is 2.24. The molecule has 1 aliphatic heterocycles. The van der Waals surface area contributed by atoms with E-state index in [-0.39, 0.29) is 0 Å². The van der Waals surface area contributed by atoms with Gasteiger partial charge in [-0.25, -0.2) is 0 Å². The predicted molar refractivity (Wildman–Crippen MR) is 73.8 cm³/mol. The number of carboxylic acids is 1. The van der Waals surface area contributed by atoms with Gasteiger partial charge >= 0.3 is 5.97 Å². The Hall–Kier alpha value is -0.610. The van der Waals surface area contributed by atoms with Gasteiger partial charge in [0.25, 0.3) is 0 Å². The van der Waals surface area contributed by atoms with Crippen molar-refractivity contribution in [2.24, 2.45) is 0 Å². The average Bonchev–Trinajstić information content (AvgIpc) is 2.29. The molecule has 0 aromatic heterocycles. The quantitative estimate of drug-likeness (QED) is 0.764. The lowest BCUT2D eigenvalue weighted by atomic mass is 9.90. The van der Waals surface area contributed by atoms with Crippen LogP contribution in [0.5, 0.6) is 0 Å². The minimum Gasteiger partial charge on any atom is -0.480 e. The molecule has 0 aromatic rings. The topological polar surface area (TPSA) is 52.6 Å². The van der Waals surface area contributed by atoms with Crippen LogP contribution in [0.3, 0.4) is 0 Å². The van der Waals surface area contributed by atoms with Gasteiger partial charge < -0.3 is 10.4 Å². The van der Waals surface area contributed by atoms with Crippen LogP contribution in [0.25, 0.3) is 0 Å². The summed E-state index contributed by atoms with van der Waals surface area (Å²) in [5, 5.41) is 12.5. The normalized spacial score (nSPS) is 26.6. The van der Waals surface area contributed by atoms with Gasteiger partial charge in [-0.1, -0.05) is 13.3 Å². The minimum absolute atomic E-state index is 0.306. The summed E-state index contributed by atoms with van der Waals surface area (Å²) in [7, 11) is 0. The Morgan fingerprint density at radius 2 is 2.22 bits per heavy atom. The second kappa shape index (κ2) is 6.53. The van der Waals surface area contributed by atoms with Crippen molar-refractivity contribution in [3.63, 3.8) is 0 Å². The summed E-state index contributed by atoms with van der Waals surface area (Å²) in [6.07, 6.45) is 4.42. The molecular formula is C14H28N2O2. The van der Waals surface area contributed by atoms with Gasteiger partial charge in [0.1, 0.15) is 5.54 Å². The molecule has 1 fully saturated rings. The maximum atomic E-state index is 11.4. The molecule has 0 spiro atoms. The number of nitrogens with zero attached hydrogens (tertiary/aromatic N) is 1. The van der Waals surface area contributed by atoms with Crippen molar-refractivity contribution in [1.29, 1.82) is 0 Å². The SMILES string of the molecule is CCNC(C)(CC(C)N1CCCCC1C)C(=O)O. The molecule has 1 saturated heterocycles. The highest BCUT2D eigenvalue weighted by molar-refractivity contribution is 5.78. The lowest BCUT2D eigenvalue weighted by molar-refractivity contribution is -0.145. The standard InChI is InChI=1S/C14H28N2O2/c1-5-15-14(4,13(17)18)10-12(3)16-9-7-6-8-11(16)2/h11-12,15H,5-10H2,1-4H3,(H,17,18). The maximum Gasteiger partial charge on any atom is 0.323 e. The third-order valence-corrected chi connectivity index (χ3v) is 4.16. The smallest absolute Gasteiger partial charge is 0.323 e. The first-order valence-electron chi connectivity index (χ1n) is 7.15. The number of hydrogen-bond donors (Lipinski definition) is 2. The summed E-state index contributed by atoms with van der Waals surface area (Å²) in [5.41, 5.74) is -0.814. The van der Waals surface area contributed by atoms with Gasteiger partial charge in [-0.2, -0.15) is 0 Å². The molecule has 1 aliphatic rings. The number of hydrogen-bond acceptors (Lipinski definition) is 3. The summed E-state index contributed by atoms with van der Waals surface area (Å²) in [6.45, 7) is 9.94. The monoisotopic (exact) mass is 256 g/mol. The number of aliphatic carboxylic acids is 1. The molecule has 3 unspecified atom stereocenters. The zero-order chi connectivity index (χ0) is 13.8. The van der Waals surface area contributed by atoms with E-state index in [2.05, 4.69) is 24.1 Å². The summed E-state index contributed by atoms with van der Waals surface area (Å²) in [5.74, 6) is -0.749. The Morgan fingerprint density at radius 3 is 2.72 bits per heavy atom. The van der Waals surface area contributed by atoms with Gasteiger partial charge in [0.05, 0.1) is 0 Å². The first-order valence-corrected chi connectivity index (χ1v) is 7.15. The average molecular weight is 256 g/mol. The van der Waals surface area contributed by atoms with Crippen LogP contribution in [0.2, 0.25) is 0 Å². The molecule has 4 heteroatoms.